The molecule has 2 fully saturated rings. The molecule has 1 aliphatic carbocycles. The average Bonchev–Trinajstić information content (AvgIpc) is 2.98. The quantitative estimate of drug-likeness (QED) is 0.265. The molecule has 0 unspecified atom stereocenters. The Morgan fingerprint density at radius 2 is 1.82 bits per heavy atom. The molecule has 4 aromatic rings. The maximum atomic E-state index is 15.4. The van der Waals surface area contributed by atoms with E-state index in [0.717, 1.165) is 63.7 Å². The second kappa shape index (κ2) is 11.6. The minimum Gasteiger partial charge on any atom is -0.381 e. The lowest BCUT2D eigenvalue weighted by Gasteiger charge is -2.22. The number of hydrogen-bond donors (Lipinski definition) is 3. The van der Waals surface area contributed by atoms with Crippen LogP contribution in [0.4, 0.5) is 21.6 Å². The Kier molecular flexibility index (Phi) is 7.55. The van der Waals surface area contributed by atoms with Gasteiger partial charge in [-0.05, 0) is 73.6 Å². The summed E-state index contributed by atoms with van der Waals surface area (Å²) in [5.41, 5.74) is 2.80. The Hall–Kier alpha value is -4.11. The van der Waals surface area contributed by atoms with Gasteiger partial charge in [0.05, 0.1) is 22.3 Å². The van der Waals surface area contributed by atoms with Crippen molar-refractivity contribution in [3.8, 4) is 11.3 Å². The monoisotopic (exact) mass is 541 g/mol. The van der Waals surface area contributed by atoms with Crippen molar-refractivity contribution in [2.45, 2.75) is 50.9 Å². The standard InChI is InChI=1S/C31H32FN5O3/c32-24-16-22(35-30(38)20-4-2-1-3-5-20)7-8-23(24)26-17-27(29-25(36-26)10-13-33-31(29)39)37-28-9-6-21(18-34-28)19-11-14-40-15-12-19/h6-10,13,16-20H,1-5,11-12,14-15H2,(H,33,39)(H,35,38)(H,34,36,37). The summed E-state index contributed by atoms with van der Waals surface area (Å²) in [5.74, 6) is 0.396. The number of fused-ring (bicyclic) bond motifs is 1. The number of ether oxygens (including phenoxy) is 1. The normalized spacial score (nSPS) is 16.6. The molecule has 0 atom stereocenters. The Labute approximate surface area is 231 Å². The number of benzene rings is 1. The Morgan fingerprint density at radius 1 is 1.00 bits per heavy atom. The first kappa shape index (κ1) is 26.1. The number of nitrogens with one attached hydrogen (secondary N) is 3. The summed E-state index contributed by atoms with van der Waals surface area (Å²) >= 11 is 0. The van der Waals surface area contributed by atoms with Gasteiger partial charge >= 0.3 is 0 Å². The number of aromatic amines is 1. The van der Waals surface area contributed by atoms with E-state index in [2.05, 4.69) is 25.6 Å². The van der Waals surface area contributed by atoms with Gasteiger partial charge < -0.3 is 20.4 Å². The van der Waals surface area contributed by atoms with Crippen molar-refractivity contribution in [3.63, 3.8) is 0 Å². The number of carbonyl (C=O) groups is 1. The summed E-state index contributed by atoms with van der Waals surface area (Å²) in [7, 11) is 0. The molecule has 206 valence electrons. The molecule has 3 aromatic heterocycles. The molecule has 1 saturated heterocycles. The Morgan fingerprint density at radius 3 is 2.58 bits per heavy atom. The maximum absolute atomic E-state index is 15.4. The number of rotatable bonds is 6. The topological polar surface area (TPSA) is 109 Å². The second-order valence-corrected chi connectivity index (χ2v) is 10.6. The van der Waals surface area contributed by atoms with Crippen LogP contribution in [0.25, 0.3) is 22.2 Å². The third kappa shape index (κ3) is 5.60. The van der Waals surface area contributed by atoms with Crippen molar-refractivity contribution >= 4 is 34.0 Å². The number of amides is 1. The van der Waals surface area contributed by atoms with Crippen LogP contribution in [0.1, 0.15) is 56.4 Å². The van der Waals surface area contributed by atoms with Crippen LogP contribution in [0.2, 0.25) is 0 Å². The maximum Gasteiger partial charge on any atom is 0.259 e. The van der Waals surface area contributed by atoms with Crippen LogP contribution < -0.4 is 16.2 Å². The summed E-state index contributed by atoms with van der Waals surface area (Å²) in [4.78, 5) is 37.3. The van der Waals surface area contributed by atoms with Gasteiger partial charge in [0, 0.05) is 42.8 Å². The van der Waals surface area contributed by atoms with Crippen LogP contribution in [-0.4, -0.2) is 34.1 Å². The van der Waals surface area contributed by atoms with Crippen molar-refractivity contribution in [3.05, 3.63) is 76.6 Å². The third-order valence-electron chi connectivity index (χ3n) is 7.96. The summed E-state index contributed by atoms with van der Waals surface area (Å²) in [6, 6.07) is 11.9. The first-order valence-corrected chi connectivity index (χ1v) is 14.0. The number of pyridine rings is 3. The van der Waals surface area contributed by atoms with Gasteiger partial charge in [-0.15, -0.1) is 0 Å². The van der Waals surface area contributed by atoms with Gasteiger partial charge in [0.25, 0.3) is 5.56 Å². The minimum atomic E-state index is -0.511. The molecule has 1 aliphatic heterocycles. The molecular formula is C31H32FN5O3. The largest absolute Gasteiger partial charge is 0.381 e. The zero-order valence-electron chi connectivity index (χ0n) is 22.2. The third-order valence-corrected chi connectivity index (χ3v) is 7.96. The van der Waals surface area contributed by atoms with Gasteiger partial charge in [0.15, 0.2) is 0 Å². The van der Waals surface area contributed by atoms with Crippen molar-refractivity contribution in [2.75, 3.05) is 23.8 Å². The molecule has 4 heterocycles. The van der Waals surface area contributed by atoms with Crippen molar-refractivity contribution in [2.24, 2.45) is 5.92 Å². The van der Waals surface area contributed by atoms with Gasteiger partial charge in [-0.25, -0.2) is 14.4 Å². The van der Waals surface area contributed by atoms with E-state index in [1.807, 2.05) is 18.3 Å². The first-order valence-electron chi connectivity index (χ1n) is 14.0. The molecular weight excluding hydrogens is 509 g/mol. The highest BCUT2D eigenvalue weighted by Gasteiger charge is 2.22. The zero-order valence-corrected chi connectivity index (χ0v) is 22.2. The van der Waals surface area contributed by atoms with E-state index < -0.39 is 5.82 Å². The van der Waals surface area contributed by atoms with Gasteiger partial charge in [-0.1, -0.05) is 25.3 Å². The lowest BCUT2D eigenvalue weighted by atomic mass is 9.88. The highest BCUT2D eigenvalue weighted by atomic mass is 19.1. The lowest BCUT2D eigenvalue weighted by molar-refractivity contribution is -0.120. The fourth-order valence-electron chi connectivity index (χ4n) is 5.73. The number of H-pyrrole nitrogens is 1. The Bertz CT molecular complexity index is 1570. The molecule has 8 nitrogen and oxygen atoms in total. The molecule has 0 bridgehead atoms. The van der Waals surface area contributed by atoms with Gasteiger partial charge in [-0.2, -0.15) is 0 Å². The van der Waals surface area contributed by atoms with Crippen LogP contribution in [0.15, 0.2) is 59.7 Å². The van der Waals surface area contributed by atoms with Crippen LogP contribution in [0.5, 0.6) is 0 Å². The number of anilines is 3. The molecule has 1 amide bonds. The van der Waals surface area contributed by atoms with Gasteiger partial charge in [0.1, 0.15) is 11.6 Å². The molecule has 1 aromatic carbocycles. The second-order valence-electron chi connectivity index (χ2n) is 10.6. The lowest BCUT2D eigenvalue weighted by Crippen LogP contribution is -2.24. The Balaban J connectivity index is 1.28. The predicted octanol–water partition coefficient (Wildman–Crippen LogP) is 6.28. The van der Waals surface area contributed by atoms with Crippen molar-refractivity contribution in [1.29, 1.82) is 0 Å². The predicted molar refractivity (Wildman–Crippen MR) is 153 cm³/mol. The minimum absolute atomic E-state index is 0.0234. The van der Waals surface area contributed by atoms with Crippen molar-refractivity contribution in [1.82, 2.24) is 15.0 Å². The fraction of sp³-hybridized carbons (Fsp3) is 0.355. The smallest absolute Gasteiger partial charge is 0.259 e. The fourth-order valence-corrected chi connectivity index (χ4v) is 5.73. The van der Waals surface area contributed by atoms with E-state index in [0.29, 0.717) is 39.7 Å². The highest BCUT2D eigenvalue weighted by molar-refractivity contribution is 5.95. The van der Waals surface area contributed by atoms with Gasteiger partial charge in [0.2, 0.25) is 5.91 Å². The SMILES string of the molecule is O=C(Nc1ccc(-c2cc(Nc3ccc(C4CCOCC4)cn3)c3c(=O)[nH]ccc3n2)c(F)c1)C1CCCCC1. The van der Waals surface area contributed by atoms with E-state index in [-0.39, 0.29) is 22.9 Å². The van der Waals surface area contributed by atoms with E-state index in [1.54, 1.807) is 24.3 Å². The van der Waals surface area contributed by atoms with Crippen LogP contribution in [0.3, 0.4) is 0 Å². The average molecular weight is 542 g/mol. The molecule has 6 rings (SSSR count). The van der Waals surface area contributed by atoms with E-state index in [4.69, 9.17) is 4.74 Å². The van der Waals surface area contributed by atoms with E-state index >= 15 is 4.39 Å². The molecule has 9 heteroatoms. The summed E-state index contributed by atoms with van der Waals surface area (Å²) in [6.45, 7) is 1.51. The molecule has 1 saturated carbocycles. The highest BCUT2D eigenvalue weighted by Crippen LogP contribution is 2.32. The first-order chi connectivity index (χ1) is 19.5. The van der Waals surface area contributed by atoms with E-state index in [9.17, 15) is 9.59 Å². The number of aromatic nitrogens is 3. The molecule has 3 N–H and O–H groups in total. The summed E-state index contributed by atoms with van der Waals surface area (Å²) in [5, 5.41) is 6.47. The summed E-state index contributed by atoms with van der Waals surface area (Å²) in [6.07, 6.45) is 10.3. The van der Waals surface area contributed by atoms with Crippen LogP contribution in [0, 0.1) is 11.7 Å². The van der Waals surface area contributed by atoms with Crippen molar-refractivity contribution < 1.29 is 13.9 Å². The number of nitrogens with zero attached hydrogens (tertiary/aromatic N) is 2. The summed E-state index contributed by atoms with van der Waals surface area (Å²) < 4.78 is 20.9. The van der Waals surface area contributed by atoms with Crippen LogP contribution >= 0.6 is 0 Å². The van der Waals surface area contributed by atoms with Crippen LogP contribution in [-0.2, 0) is 9.53 Å². The number of carbonyl (C=O) groups excluding carboxylic acids is 1. The van der Waals surface area contributed by atoms with Gasteiger partial charge in [-0.3, -0.25) is 9.59 Å². The number of hydrogen-bond acceptors (Lipinski definition) is 6. The molecule has 0 radical (unpaired) electrons. The van der Waals surface area contributed by atoms with E-state index in [1.165, 1.54) is 12.3 Å². The molecule has 0 spiro atoms. The number of halogens is 1. The zero-order chi connectivity index (χ0) is 27.5. The molecule has 2 aliphatic rings. The molecule has 40 heavy (non-hydrogen) atoms.